The van der Waals surface area contributed by atoms with E-state index >= 15 is 0 Å². The van der Waals surface area contributed by atoms with Crippen LogP contribution in [0.2, 0.25) is 20.1 Å². The molecule has 3 rings (SSSR count). The van der Waals surface area contributed by atoms with E-state index in [1.54, 1.807) is 30.3 Å². The van der Waals surface area contributed by atoms with E-state index in [0.29, 0.717) is 51.3 Å². The van der Waals surface area contributed by atoms with Crippen molar-refractivity contribution in [1.82, 2.24) is 0 Å². The third-order valence-electron chi connectivity index (χ3n) is 4.10. The van der Waals surface area contributed by atoms with Gasteiger partial charge < -0.3 is 14.8 Å². The van der Waals surface area contributed by atoms with Crippen molar-refractivity contribution in [3.05, 3.63) is 85.8 Å². The highest BCUT2D eigenvalue weighted by Gasteiger charge is 2.09. The Kier molecular flexibility index (Phi) is 7.79. The number of hydrogen-bond acceptors (Lipinski definition) is 3. The van der Waals surface area contributed by atoms with Gasteiger partial charge in [-0.15, -0.1) is 0 Å². The maximum atomic E-state index is 6.21. The first-order valence-corrected chi connectivity index (χ1v) is 10.5. The zero-order chi connectivity index (χ0) is 20.8. The fourth-order valence-electron chi connectivity index (χ4n) is 2.67. The molecule has 29 heavy (non-hydrogen) atoms. The van der Waals surface area contributed by atoms with Gasteiger partial charge in [0.2, 0.25) is 0 Å². The molecule has 0 unspecified atom stereocenters. The smallest absolute Gasteiger partial charge is 0.161 e. The molecule has 0 bridgehead atoms. The Morgan fingerprint density at radius 2 is 1.48 bits per heavy atom. The SMILES string of the molecule is CCOc1cc(CNc2cc(Cl)ccc2Cl)ccc1OCc1ccc(Cl)c(Cl)c1. The molecule has 0 saturated heterocycles. The van der Waals surface area contributed by atoms with Gasteiger partial charge in [-0.1, -0.05) is 58.5 Å². The quantitative estimate of drug-likeness (QED) is 0.363. The van der Waals surface area contributed by atoms with E-state index in [1.807, 2.05) is 31.2 Å². The summed E-state index contributed by atoms with van der Waals surface area (Å²) in [5, 5.41) is 5.54. The van der Waals surface area contributed by atoms with Gasteiger partial charge in [0.25, 0.3) is 0 Å². The van der Waals surface area contributed by atoms with E-state index in [2.05, 4.69) is 5.32 Å². The van der Waals surface area contributed by atoms with E-state index < -0.39 is 0 Å². The fourth-order valence-corrected chi connectivity index (χ4v) is 3.35. The van der Waals surface area contributed by atoms with E-state index in [0.717, 1.165) is 16.8 Å². The molecule has 0 amide bonds. The van der Waals surface area contributed by atoms with Gasteiger partial charge in [-0.25, -0.2) is 0 Å². The van der Waals surface area contributed by atoms with Crippen LogP contribution in [0.3, 0.4) is 0 Å². The molecule has 3 aromatic carbocycles. The number of rotatable bonds is 8. The first kappa shape index (κ1) is 21.9. The number of benzene rings is 3. The summed E-state index contributed by atoms with van der Waals surface area (Å²) in [5.74, 6) is 1.33. The monoisotopic (exact) mass is 469 g/mol. The first-order valence-electron chi connectivity index (χ1n) is 8.97. The summed E-state index contributed by atoms with van der Waals surface area (Å²) in [6.45, 7) is 3.37. The molecule has 152 valence electrons. The van der Waals surface area contributed by atoms with Crippen LogP contribution < -0.4 is 14.8 Å². The lowest BCUT2D eigenvalue weighted by Crippen LogP contribution is -2.03. The molecule has 0 spiro atoms. The van der Waals surface area contributed by atoms with Gasteiger partial charge in [0.15, 0.2) is 11.5 Å². The van der Waals surface area contributed by atoms with E-state index in [1.165, 1.54) is 0 Å². The lowest BCUT2D eigenvalue weighted by atomic mass is 10.2. The molecule has 0 aliphatic carbocycles. The fraction of sp³-hybridized carbons (Fsp3) is 0.182. The standard InChI is InChI=1S/C22H19Cl4NO2/c1-2-28-22-10-14(12-27-20-11-16(23)5-7-18(20)25)4-8-21(22)29-13-15-3-6-17(24)19(26)9-15/h3-11,27H,2,12-13H2,1H3. The number of nitrogens with one attached hydrogen (secondary N) is 1. The number of halogens is 4. The predicted octanol–water partition coefficient (Wildman–Crippen LogP) is 7.89. The van der Waals surface area contributed by atoms with Gasteiger partial charge in [-0.3, -0.25) is 0 Å². The summed E-state index contributed by atoms with van der Waals surface area (Å²) < 4.78 is 11.7. The van der Waals surface area contributed by atoms with E-state index in [-0.39, 0.29) is 0 Å². The zero-order valence-corrected chi connectivity index (χ0v) is 18.7. The van der Waals surface area contributed by atoms with E-state index in [4.69, 9.17) is 55.9 Å². The van der Waals surface area contributed by atoms with Gasteiger partial charge in [-0.05, 0) is 60.5 Å². The van der Waals surface area contributed by atoms with Gasteiger partial charge >= 0.3 is 0 Å². The second kappa shape index (κ2) is 10.3. The van der Waals surface area contributed by atoms with Crippen LogP contribution in [0.25, 0.3) is 0 Å². The van der Waals surface area contributed by atoms with Gasteiger partial charge in [0, 0.05) is 11.6 Å². The lowest BCUT2D eigenvalue weighted by molar-refractivity contribution is 0.269. The predicted molar refractivity (Wildman–Crippen MR) is 122 cm³/mol. The Morgan fingerprint density at radius 1 is 0.724 bits per heavy atom. The molecule has 0 heterocycles. The first-order chi connectivity index (χ1) is 14.0. The summed E-state index contributed by atoms with van der Waals surface area (Å²) >= 11 is 24.3. The summed E-state index contributed by atoms with van der Waals surface area (Å²) in [6, 6.07) is 16.5. The number of hydrogen-bond donors (Lipinski definition) is 1. The van der Waals surface area contributed by atoms with E-state index in [9.17, 15) is 0 Å². The molecule has 0 saturated carbocycles. The Hall–Kier alpha value is -1.78. The van der Waals surface area contributed by atoms with Crippen molar-refractivity contribution in [2.75, 3.05) is 11.9 Å². The average molecular weight is 471 g/mol. The molecule has 0 fully saturated rings. The highest BCUT2D eigenvalue weighted by molar-refractivity contribution is 6.42. The minimum Gasteiger partial charge on any atom is -0.490 e. The molecule has 0 aromatic heterocycles. The van der Waals surface area contributed by atoms with Crippen molar-refractivity contribution in [2.24, 2.45) is 0 Å². The minimum atomic E-state index is 0.354. The third-order valence-corrected chi connectivity index (χ3v) is 5.40. The van der Waals surface area contributed by atoms with Gasteiger partial charge in [-0.2, -0.15) is 0 Å². The Balaban J connectivity index is 1.70. The molecule has 3 nitrogen and oxygen atoms in total. The van der Waals surface area contributed by atoms with Crippen LogP contribution in [-0.2, 0) is 13.2 Å². The maximum Gasteiger partial charge on any atom is 0.161 e. The summed E-state index contributed by atoms with van der Waals surface area (Å²) in [5.41, 5.74) is 2.71. The topological polar surface area (TPSA) is 30.5 Å². The molecule has 0 aliphatic heterocycles. The molecule has 0 aliphatic rings. The molecule has 1 N–H and O–H groups in total. The van der Waals surface area contributed by atoms with Crippen LogP contribution in [0.4, 0.5) is 5.69 Å². The van der Waals surface area contributed by atoms with Crippen molar-refractivity contribution >= 4 is 52.1 Å². The Bertz CT molecular complexity index is 995. The average Bonchev–Trinajstić information content (AvgIpc) is 2.70. The molecule has 0 atom stereocenters. The van der Waals surface area contributed by atoms with Crippen LogP contribution in [0.15, 0.2) is 54.6 Å². The van der Waals surface area contributed by atoms with Crippen molar-refractivity contribution in [3.63, 3.8) is 0 Å². The maximum absolute atomic E-state index is 6.21. The van der Waals surface area contributed by atoms with Crippen molar-refractivity contribution in [1.29, 1.82) is 0 Å². The van der Waals surface area contributed by atoms with Gasteiger partial charge in [0.05, 0.1) is 27.4 Å². The summed E-state index contributed by atoms with van der Waals surface area (Å²) in [4.78, 5) is 0. The van der Waals surface area contributed by atoms with Crippen LogP contribution in [0.1, 0.15) is 18.1 Å². The van der Waals surface area contributed by atoms with Crippen LogP contribution in [0, 0.1) is 0 Å². The summed E-state index contributed by atoms with van der Waals surface area (Å²) in [7, 11) is 0. The summed E-state index contributed by atoms with van der Waals surface area (Å²) in [6.07, 6.45) is 0. The third kappa shape index (κ3) is 6.10. The molecular formula is C22H19Cl4NO2. The van der Waals surface area contributed by atoms with Crippen molar-refractivity contribution < 1.29 is 9.47 Å². The zero-order valence-electron chi connectivity index (χ0n) is 15.6. The highest BCUT2D eigenvalue weighted by atomic mass is 35.5. The van der Waals surface area contributed by atoms with Crippen LogP contribution >= 0.6 is 46.4 Å². The van der Waals surface area contributed by atoms with Crippen molar-refractivity contribution in [2.45, 2.75) is 20.1 Å². The molecular weight excluding hydrogens is 452 g/mol. The second-order valence-electron chi connectivity index (χ2n) is 6.23. The molecule has 0 radical (unpaired) electrons. The van der Waals surface area contributed by atoms with Crippen LogP contribution in [-0.4, -0.2) is 6.61 Å². The highest BCUT2D eigenvalue weighted by Crippen LogP contribution is 2.31. The Morgan fingerprint density at radius 3 is 2.24 bits per heavy atom. The molecule has 3 aromatic rings. The largest absolute Gasteiger partial charge is 0.490 e. The normalized spacial score (nSPS) is 10.7. The molecule has 7 heteroatoms. The lowest BCUT2D eigenvalue weighted by Gasteiger charge is -2.15. The minimum absolute atomic E-state index is 0.354. The second-order valence-corrected chi connectivity index (χ2v) is 7.89. The number of ether oxygens (including phenoxy) is 2. The van der Waals surface area contributed by atoms with Gasteiger partial charge in [0.1, 0.15) is 6.61 Å². The van der Waals surface area contributed by atoms with Crippen LogP contribution in [0.5, 0.6) is 11.5 Å². The number of anilines is 1. The Labute approximate surface area is 190 Å². The van der Waals surface area contributed by atoms with Crippen molar-refractivity contribution in [3.8, 4) is 11.5 Å².